The highest BCUT2D eigenvalue weighted by atomic mass is 32.2. The third-order valence-corrected chi connectivity index (χ3v) is 7.16. The summed E-state index contributed by atoms with van der Waals surface area (Å²) in [5.74, 6) is -1.61. The SMILES string of the molecule is CCCNCC(=O)Nc1cccc(-c2ccc(C[C@H](NS(=O)(=O)c3ccc(C(F)(F)F)cc3)C(=O)O)cc2)c1. The Bertz CT molecular complexity index is 1390. The zero-order valence-corrected chi connectivity index (χ0v) is 21.8. The molecule has 0 unspecified atom stereocenters. The molecule has 208 valence electrons. The first-order valence-electron chi connectivity index (χ1n) is 12.0. The number of nitrogens with one attached hydrogen (secondary N) is 3. The van der Waals surface area contributed by atoms with Crippen molar-refractivity contribution in [3.05, 3.63) is 83.9 Å². The van der Waals surface area contributed by atoms with Crippen molar-refractivity contribution in [2.45, 2.75) is 36.9 Å². The van der Waals surface area contributed by atoms with Crippen LogP contribution < -0.4 is 15.4 Å². The van der Waals surface area contributed by atoms with E-state index in [0.717, 1.165) is 36.2 Å². The van der Waals surface area contributed by atoms with Crippen molar-refractivity contribution in [1.82, 2.24) is 10.0 Å². The first kappa shape index (κ1) is 29.8. The Balaban J connectivity index is 1.69. The molecule has 0 aliphatic rings. The largest absolute Gasteiger partial charge is 0.480 e. The number of benzene rings is 3. The van der Waals surface area contributed by atoms with Gasteiger partial charge in [-0.25, -0.2) is 8.42 Å². The van der Waals surface area contributed by atoms with E-state index in [-0.39, 0.29) is 18.9 Å². The van der Waals surface area contributed by atoms with Gasteiger partial charge in [0.1, 0.15) is 6.04 Å². The van der Waals surface area contributed by atoms with Gasteiger partial charge in [0.25, 0.3) is 0 Å². The molecular formula is C27H28F3N3O5S. The Kier molecular flexibility index (Phi) is 9.84. The average molecular weight is 564 g/mol. The van der Waals surface area contributed by atoms with Crippen LogP contribution in [0.1, 0.15) is 24.5 Å². The summed E-state index contributed by atoms with van der Waals surface area (Å²) in [7, 11) is -4.40. The number of hydrogen-bond donors (Lipinski definition) is 4. The number of carboxylic acid groups (broad SMARTS) is 1. The third-order valence-electron chi connectivity index (χ3n) is 5.67. The highest BCUT2D eigenvalue weighted by Crippen LogP contribution is 2.30. The summed E-state index contributed by atoms with van der Waals surface area (Å²) in [6.45, 7) is 2.93. The summed E-state index contributed by atoms with van der Waals surface area (Å²) in [6, 6.07) is 15.2. The van der Waals surface area contributed by atoms with Gasteiger partial charge in [0.05, 0.1) is 17.0 Å². The Labute approximate surface area is 224 Å². The van der Waals surface area contributed by atoms with Crippen molar-refractivity contribution in [3.63, 3.8) is 0 Å². The van der Waals surface area contributed by atoms with Crippen LogP contribution in [0.3, 0.4) is 0 Å². The second-order valence-corrected chi connectivity index (χ2v) is 10.5. The number of sulfonamides is 1. The van der Waals surface area contributed by atoms with Gasteiger partial charge in [-0.2, -0.15) is 17.9 Å². The summed E-state index contributed by atoms with van der Waals surface area (Å²) in [6.07, 6.45) is -3.92. The monoisotopic (exact) mass is 563 g/mol. The van der Waals surface area contributed by atoms with Crippen molar-refractivity contribution < 1.29 is 36.3 Å². The highest BCUT2D eigenvalue weighted by Gasteiger charge is 2.31. The molecule has 8 nitrogen and oxygen atoms in total. The van der Waals surface area contributed by atoms with Crippen LogP contribution >= 0.6 is 0 Å². The van der Waals surface area contributed by atoms with Crippen molar-refractivity contribution in [2.24, 2.45) is 0 Å². The summed E-state index contributed by atoms with van der Waals surface area (Å²) in [5, 5.41) is 15.4. The standard InChI is InChI=1S/C27H28F3N3O5S/c1-2-14-31-17-25(34)32-22-5-3-4-20(16-22)19-8-6-18(7-9-19)15-24(26(35)36)33-39(37,38)23-12-10-21(11-13-23)27(28,29)30/h3-13,16,24,31,33H,2,14-15,17H2,1H3,(H,32,34)(H,35,36)/t24-/m0/s1. The van der Waals surface area contributed by atoms with E-state index in [0.29, 0.717) is 23.4 Å². The Morgan fingerprint density at radius 3 is 2.21 bits per heavy atom. The number of hydrogen-bond acceptors (Lipinski definition) is 5. The number of carboxylic acids is 1. The molecule has 0 bridgehead atoms. The maximum Gasteiger partial charge on any atom is 0.416 e. The van der Waals surface area contributed by atoms with Crippen LogP contribution in [0.2, 0.25) is 0 Å². The van der Waals surface area contributed by atoms with Crippen molar-refractivity contribution >= 4 is 27.6 Å². The molecule has 0 spiro atoms. The second-order valence-electron chi connectivity index (χ2n) is 8.74. The lowest BCUT2D eigenvalue weighted by atomic mass is 10.0. The van der Waals surface area contributed by atoms with E-state index in [4.69, 9.17) is 0 Å². The Morgan fingerprint density at radius 2 is 1.62 bits per heavy atom. The lowest BCUT2D eigenvalue weighted by Crippen LogP contribution is -2.42. The zero-order valence-electron chi connectivity index (χ0n) is 21.0. The van der Waals surface area contributed by atoms with Gasteiger partial charge in [-0.05, 0) is 72.5 Å². The van der Waals surface area contributed by atoms with Gasteiger partial charge in [-0.15, -0.1) is 0 Å². The van der Waals surface area contributed by atoms with Crippen LogP contribution in [0.15, 0.2) is 77.7 Å². The molecule has 3 aromatic rings. The smallest absolute Gasteiger partial charge is 0.416 e. The lowest BCUT2D eigenvalue weighted by molar-refractivity contribution is -0.139. The molecule has 0 aromatic heterocycles. The van der Waals surface area contributed by atoms with Gasteiger partial charge in [0.15, 0.2) is 0 Å². The predicted molar refractivity (Wildman–Crippen MR) is 141 cm³/mol. The molecule has 4 N–H and O–H groups in total. The molecule has 0 radical (unpaired) electrons. The summed E-state index contributed by atoms with van der Waals surface area (Å²) < 4.78 is 65.6. The lowest BCUT2D eigenvalue weighted by Gasteiger charge is -2.16. The normalized spacial score (nSPS) is 12.6. The molecule has 0 fully saturated rings. The summed E-state index contributed by atoms with van der Waals surface area (Å²) in [4.78, 5) is 23.4. The molecule has 1 atom stereocenters. The summed E-state index contributed by atoms with van der Waals surface area (Å²) >= 11 is 0. The zero-order chi connectivity index (χ0) is 28.6. The van der Waals surface area contributed by atoms with Gasteiger partial charge < -0.3 is 15.7 Å². The number of alkyl halides is 3. The van der Waals surface area contributed by atoms with Gasteiger partial charge in [-0.1, -0.05) is 43.3 Å². The number of halogens is 3. The number of aliphatic carboxylic acids is 1. The fourth-order valence-electron chi connectivity index (χ4n) is 3.69. The first-order valence-corrected chi connectivity index (χ1v) is 13.5. The van der Waals surface area contributed by atoms with E-state index in [2.05, 4.69) is 15.4 Å². The topological polar surface area (TPSA) is 125 Å². The van der Waals surface area contributed by atoms with Crippen LogP contribution in [0.25, 0.3) is 11.1 Å². The quantitative estimate of drug-likeness (QED) is 0.244. The number of rotatable bonds is 12. The number of carbonyl (C=O) groups excluding carboxylic acids is 1. The maximum atomic E-state index is 12.8. The molecule has 3 rings (SSSR count). The molecule has 12 heteroatoms. The average Bonchev–Trinajstić information content (AvgIpc) is 2.88. The first-order chi connectivity index (χ1) is 18.4. The fourth-order valence-corrected chi connectivity index (χ4v) is 4.88. The molecule has 0 aliphatic carbocycles. The Hall–Kier alpha value is -3.74. The molecule has 0 saturated carbocycles. The van der Waals surface area contributed by atoms with Crippen molar-refractivity contribution in [3.8, 4) is 11.1 Å². The van der Waals surface area contributed by atoms with E-state index in [1.54, 1.807) is 42.5 Å². The van der Waals surface area contributed by atoms with Crippen LogP contribution in [-0.2, 0) is 32.2 Å². The van der Waals surface area contributed by atoms with E-state index < -0.39 is 38.7 Å². The number of amides is 1. The number of carbonyl (C=O) groups is 2. The van der Waals surface area contributed by atoms with E-state index in [9.17, 15) is 36.3 Å². The summed E-state index contributed by atoms with van der Waals surface area (Å²) in [5.41, 5.74) is 1.71. The highest BCUT2D eigenvalue weighted by molar-refractivity contribution is 7.89. The molecule has 0 aliphatic heterocycles. The minimum atomic E-state index is -4.63. The minimum absolute atomic E-state index is 0.172. The van der Waals surface area contributed by atoms with Crippen LogP contribution in [0.5, 0.6) is 0 Å². The molecule has 1 amide bonds. The predicted octanol–water partition coefficient (Wildman–Crippen LogP) is 4.28. The third kappa shape index (κ3) is 8.63. The molecular weight excluding hydrogens is 535 g/mol. The molecule has 0 heterocycles. The molecule has 0 saturated heterocycles. The van der Waals surface area contributed by atoms with Crippen molar-refractivity contribution in [1.29, 1.82) is 0 Å². The fraction of sp³-hybridized carbons (Fsp3) is 0.259. The van der Waals surface area contributed by atoms with E-state index >= 15 is 0 Å². The Morgan fingerprint density at radius 1 is 0.949 bits per heavy atom. The van der Waals surface area contributed by atoms with E-state index in [1.165, 1.54) is 0 Å². The maximum absolute atomic E-state index is 12.8. The van der Waals surface area contributed by atoms with Gasteiger partial charge in [0.2, 0.25) is 15.9 Å². The van der Waals surface area contributed by atoms with Crippen LogP contribution in [-0.4, -0.2) is 44.5 Å². The number of anilines is 1. The van der Waals surface area contributed by atoms with Crippen LogP contribution in [0, 0.1) is 0 Å². The van der Waals surface area contributed by atoms with Gasteiger partial charge >= 0.3 is 12.1 Å². The van der Waals surface area contributed by atoms with Gasteiger partial charge in [0, 0.05) is 5.69 Å². The van der Waals surface area contributed by atoms with Crippen molar-refractivity contribution in [2.75, 3.05) is 18.4 Å². The van der Waals surface area contributed by atoms with E-state index in [1.807, 2.05) is 13.0 Å². The van der Waals surface area contributed by atoms with Crippen LogP contribution in [0.4, 0.5) is 18.9 Å². The second kappa shape index (κ2) is 12.9. The molecule has 3 aromatic carbocycles. The van der Waals surface area contributed by atoms with Gasteiger partial charge in [-0.3, -0.25) is 9.59 Å². The minimum Gasteiger partial charge on any atom is -0.480 e. The molecule has 39 heavy (non-hydrogen) atoms.